The molecular formula is C24H23FN2O3. The number of rotatable bonds is 8. The highest BCUT2D eigenvalue weighted by Gasteiger charge is 2.12. The molecular weight excluding hydrogens is 383 g/mol. The van der Waals surface area contributed by atoms with Gasteiger partial charge in [0.2, 0.25) is 5.91 Å². The number of carbonyl (C=O) groups is 2. The van der Waals surface area contributed by atoms with Crippen LogP contribution < -0.4 is 15.4 Å². The predicted molar refractivity (Wildman–Crippen MR) is 114 cm³/mol. The number of methoxy groups -OCH3 is 1. The third-order valence-corrected chi connectivity index (χ3v) is 4.59. The average molecular weight is 406 g/mol. The Kier molecular flexibility index (Phi) is 7.16. The van der Waals surface area contributed by atoms with Gasteiger partial charge in [0, 0.05) is 17.7 Å². The summed E-state index contributed by atoms with van der Waals surface area (Å²) in [5.74, 6) is -0.535. The second kappa shape index (κ2) is 10.2. The van der Waals surface area contributed by atoms with E-state index in [0.717, 1.165) is 12.0 Å². The van der Waals surface area contributed by atoms with Crippen molar-refractivity contribution in [1.82, 2.24) is 10.6 Å². The molecule has 5 nitrogen and oxygen atoms in total. The minimum Gasteiger partial charge on any atom is -0.496 e. The zero-order valence-electron chi connectivity index (χ0n) is 16.7. The largest absolute Gasteiger partial charge is 0.496 e. The monoisotopic (exact) mass is 406 g/mol. The summed E-state index contributed by atoms with van der Waals surface area (Å²) < 4.78 is 19.0. The summed E-state index contributed by atoms with van der Waals surface area (Å²) in [7, 11) is 1.50. The summed E-state index contributed by atoms with van der Waals surface area (Å²) in [4.78, 5) is 24.4. The summed E-state index contributed by atoms with van der Waals surface area (Å²) in [6, 6.07) is 20.8. The van der Waals surface area contributed by atoms with Crippen molar-refractivity contribution in [1.29, 1.82) is 0 Å². The Bertz CT molecular complexity index is 1020. The van der Waals surface area contributed by atoms with Gasteiger partial charge in [-0.15, -0.1) is 0 Å². The second-order valence-electron chi connectivity index (χ2n) is 6.69. The lowest BCUT2D eigenvalue weighted by Gasteiger charge is -2.11. The average Bonchev–Trinajstić information content (AvgIpc) is 2.78. The fourth-order valence-electron chi connectivity index (χ4n) is 3.05. The molecule has 0 saturated carbocycles. The summed E-state index contributed by atoms with van der Waals surface area (Å²) in [5.41, 5.74) is 2.69. The summed E-state index contributed by atoms with van der Waals surface area (Å²) >= 11 is 0. The van der Waals surface area contributed by atoms with Crippen LogP contribution in [-0.2, 0) is 11.2 Å². The topological polar surface area (TPSA) is 67.4 Å². The molecule has 0 unspecified atom stereocenters. The second-order valence-corrected chi connectivity index (χ2v) is 6.69. The molecule has 3 rings (SSSR count). The van der Waals surface area contributed by atoms with E-state index in [0.29, 0.717) is 29.0 Å². The van der Waals surface area contributed by atoms with E-state index >= 15 is 0 Å². The smallest absolute Gasteiger partial charge is 0.251 e. The van der Waals surface area contributed by atoms with Crippen LogP contribution in [0.25, 0.3) is 11.1 Å². The van der Waals surface area contributed by atoms with Crippen molar-refractivity contribution < 1.29 is 18.7 Å². The van der Waals surface area contributed by atoms with Crippen molar-refractivity contribution in [2.24, 2.45) is 0 Å². The molecule has 0 aromatic heterocycles. The maximum atomic E-state index is 13.7. The van der Waals surface area contributed by atoms with Gasteiger partial charge in [-0.05, 0) is 47.9 Å². The van der Waals surface area contributed by atoms with Crippen molar-refractivity contribution in [3.63, 3.8) is 0 Å². The molecule has 2 N–H and O–H groups in total. The van der Waals surface area contributed by atoms with Gasteiger partial charge in [-0.2, -0.15) is 0 Å². The van der Waals surface area contributed by atoms with E-state index in [1.165, 1.54) is 25.3 Å². The number of ether oxygens (including phenoxy) is 1. The van der Waals surface area contributed by atoms with Crippen molar-refractivity contribution in [2.45, 2.75) is 6.42 Å². The van der Waals surface area contributed by atoms with Gasteiger partial charge in [-0.1, -0.05) is 42.5 Å². The van der Waals surface area contributed by atoms with Gasteiger partial charge in [-0.3, -0.25) is 9.59 Å². The minimum absolute atomic E-state index is 0.124. The molecule has 0 radical (unpaired) electrons. The van der Waals surface area contributed by atoms with Crippen LogP contribution >= 0.6 is 0 Å². The fourth-order valence-corrected chi connectivity index (χ4v) is 3.05. The van der Waals surface area contributed by atoms with Gasteiger partial charge in [0.15, 0.2) is 0 Å². The Hall–Kier alpha value is -3.67. The molecule has 0 aliphatic carbocycles. The summed E-state index contributed by atoms with van der Waals surface area (Å²) in [6.07, 6.45) is 0.720. The number of nitrogens with one attached hydrogen (secondary N) is 2. The van der Waals surface area contributed by atoms with Gasteiger partial charge >= 0.3 is 0 Å². The van der Waals surface area contributed by atoms with Crippen LogP contribution in [0.4, 0.5) is 4.39 Å². The quantitative estimate of drug-likeness (QED) is 0.601. The SMILES string of the molecule is COc1ccc(F)cc1-c1cccc(C(=O)NCC(=O)NCCc2ccccc2)c1. The fraction of sp³-hybridized carbons (Fsp3) is 0.167. The maximum Gasteiger partial charge on any atom is 0.251 e. The molecule has 0 spiro atoms. The molecule has 2 amide bonds. The number of benzene rings is 3. The highest BCUT2D eigenvalue weighted by Crippen LogP contribution is 2.31. The van der Waals surface area contributed by atoms with Crippen LogP contribution in [0.15, 0.2) is 72.8 Å². The lowest BCUT2D eigenvalue weighted by Crippen LogP contribution is -2.37. The predicted octanol–water partition coefficient (Wildman–Crippen LogP) is 3.59. The molecule has 0 fully saturated rings. The van der Waals surface area contributed by atoms with Crippen LogP contribution in [0.1, 0.15) is 15.9 Å². The summed E-state index contributed by atoms with van der Waals surface area (Å²) in [6.45, 7) is 0.370. The van der Waals surface area contributed by atoms with Crippen LogP contribution in [0.2, 0.25) is 0 Å². The molecule has 30 heavy (non-hydrogen) atoms. The number of hydrogen-bond donors (Lipinski definition) is 2. The summed E-state index contributed by atoms with van der Waals surface area (Å²) in [5, 5.41) is 5.39. The molecule has 0 bridgehead atoms. The van der Waals surface area contributed by atoms with Crippen LogP contribution in [-0.4, -0.2) is 32.0 Å². The molecule has 0 saturated heterocycles. The third kappa shape index (κ3) is 5.67. The van der Waals surface area contributed by atoms with Crippen molar-refractivity contribution >= 4 is 11.8 Å². The number of amides is 2. The maximum absolute atomic E-state index is 13.7. The van der Waals surface area contributed by atoms with Gasteiger partial charge < -0.3 is 15.4 Å². The zero-order valence-corrected chi connectivity index (χ0v) is 16.7. The first-order chi connectivity index (χ1) is 14.6. The first-order valence-corrected chi connectivity index (χ1v) is 9.59. The molecule has 0 heterocycles. The van der Waals surface area contributed by atoms with E-state index < -0.39 is 5.82 Å². The van der Waals surface area contributed by atoms with Gasteiger partial charge in [0.05, 0.1) is 13.7 Å². The highest BCUT2D eigenvalue weighted by atomic mass is 19.1. The van der Waals surface area contributed by atoms with Crippen LogP contribution in [0.5, 0.6) is 5.75 Å². The molecule has 154 valence electrons. The number of hydrogen-bond acceptors (Lipinski definition) is 3. The Balaban J connectivity index is 1.56. The highest BCUT2D eigenvalue weighted by molar-refractivity contribution is 5.97. The van der Waals surface area contributed by atoms with Crippen molar-refractivity contribution in [3.8, 4) is 16.9 Å². The van der Waals surface area contributed by atoms with Gasteiger partial charge in [0.25, 0.3) is 5.91 Å². The Labute approximate surface area is 174 Å². The molecule has 6 heteroatoms. The number of carbonyl (C=O) groups excluding carboxylic acids is 2. The first-order valence-electron chi connectivity index (χ1n) is 9.59. The van der Waals surface area contributed by atoms with E-state index in [9.17, 15) is 14.0 Å². The van der Waals surface area contributed by atoms with Crippen molar-refractivity contribution in [2.75, 3.05) is 20.2 Å². The van der Waals surface area contributed by atoms with E-state index in [1.807, 2.05) is 30.3 Å². The standard InChI is InChI=1S/C24H23FN2O3/c1-30-22-11-10-20(25)15-21(22)18-8-5-9-19(14-18)24(29)27-16-23(28)26-13-12-17-6-3-2-4-7-17/h2-11,14-15H,12-13,16H2,1H3,(H,26,28)(H,27,29). The Morgan fingerprint density at radius 3 is 2.50 bits per heavy atom. The van der Waals surface area contributed by atoms with E-state index in [4.69, 9.17) is 4.74 Å². The molecule has 0 atom stereocenters. The minimum atomic E-state index is -0.396. The molecule has 0 aliphatic heterocycles. The van der Waals surface area contributed by atoms with Crippen molar-refractivity contribution in [3.05, 3.63) is 89.7 Å². The normalized spacial score (nSPS) is 10.3. The van der Waals surface area contributed by atoms with E-state index in [2.05, 4.69) is 10.6 Å². The zero-order chi connectivity index (χ0) is 21.3. The van der Waals surface area contributed by atoms with Crippen LogP contribution in [0, 0.1) is 5.82 Å². The van der Waals surface area contributed by atoms with Gasteiger partial charge in [-0.25, -0.2) is 4.39 Å². The Morgan fingerprint density at radius 2 is 1.73 bits per heavy atom. The molecule has 3 aromatic rings. The molecule has 3 aromatic carbocycles. The Morgan fingerprint density at radius 1 is 0.933 bits per heavy atom. The lowest BCUT2D eigenvalue weighted by molar-refractivity contribution is -0.120. The van der Waals surface area contributed by atoms with Gasteiger partial charge in [0.1, 0.15) is 11.6 Å². The third-order valence-electron chi connectivity index (χ3n) is 4.59. The first kappa shape index (κ1) is 21.0. The number of halogens is 1. The lowest BCUT2D eigenvalue weighted by atomic mass is 10.0. The molecule has 0 aliphatic rings. The van der Waals surface area contributed by atoms with E-state index in [-0.39, 0.29) is 18.4 Å². The van der Waals surface area contributed by atoms with E-state index in [1.54, 1.807) is 24.3 Å². The van der Waals surface area contributed by atoms with Crippen LogP contribution in [0.3, 0.4) is 0 Å².